The SMILES string of the molecule is Cc1cc(/C(O)=C2\C(=O)C(=O)N(c3ccc(F)cc3F)C2c2cccc(O)c2)ccc1F. The molecule has 0 radical (unpaired) electrons. The Kier molecular flexibility index (Phi) is 5.22. The number of nitrogens with zero attached hydrogens (tertiary/aromatic N) is 1. The Morgan fingerprint density at radius 1 is 0.938 bits per heavy atom. The van der Waals surface area contributed by atoms with Crippen molar-refractivity contribution in [3.05, 3.63) is 100 Å². The molecule has 162 valence electrons. The van der Waals surface area contributed by atoms with Crippen LogP contribution in [0, 0.1) is 24.4 Å². The Hall–Kier alpha value is -4.07. The third kappa shape index (κ3) is 3.49. The van der Waals surface area contributed by atoms with Gasteiger partial charge in [-0.2, -0.15) is 0 Å². The molecule has 0 spiro atoms. The number of hydrogen-bond acceptors (Lipinski definition) is 4. The Balaban J connectivity index is 1.99. The van der Waals surface area contributed by atoms with Crippen LogP contribution in [0.2, 0.25) is 0 Å². The predicted octanol–water partition coefficient (Wildman–Crippen LogP) is 4.74. The zero-order valence-electron chi connectivity index (χ0n) is 16.6. The summed E-state index contributed by atoms with van der Waals surface area (Å²) in [5, 5.41) is 20.9. The highest BCUT2D eigenvalue weighted by Crippen LogP contribution is 2.43. The van der Waals surface area contributed by atoms with Gasteiger partial charge < -0.3 is 10.2 Å². The molecule has 2 N–H and O–H groups in total. The van der Waals surface area contributed by atoms with Crippen LogP contribution < -0.4 is 4.90 Å². The number of halogens is 3. The van der Waals surface area contributed by atoms with Gasteiger partial charge in [0.05, 0.1) is 17.3 Å². The van der Waals surface area contributed by atoms with Crippen molar-refractivity contribution in [3.63, 3.8) is 0 Å². The summed E-state index contributed by atoms with van der Waals surface area (Å²) in [6.45, 7) is 1.46. The maximum Gasteiger partial charge on any atom is 0.300 e. The number of aryl methyl sites for hydroxylation is 1. The maximum absolute atomic E-state index is 14.6. The van der Waals surface area contributed by atoms with Crippen LogP contribution in [0.15, 0.2) is 66.2 Å². The average molecular weight is 439 g/mol. The van der Waals surface area contributed by atoms with Crippen LogP contribution in [0.4, 0.5) is 18.9 Å². The summed E-state index contributed by atoms with van der Waals surface area (Å²) in [7, 11) is 0. The molecule has 0 aliphatic carbocycles. The summed E-state index contributed by atoms with van der Waals surface area (Å²) >= 11 is 0. The van der Waals surface area contributed by atoms with Gasteiger partial charge in [-0.05, 0) is 60.5 Å². The minimum atomic E-state index is -1.33. The lowest BCUT2D eigenvalue weighted by Gasteiger charge is -2.26. The van der Waals surface area contributed by atoms with Crippen molar-refractivity contribution in [2.45, 2.75) is 13.0 Å². The van der Waals surface area contributed by atoms with E-state index in [4.69, 9.17) is 0 Å². The quantitative estimate of drug-likeness (QED) is 0.351. The highest BCUT2D eigenvalue weighted by Gasteiger charge is 2.47. The Bertz CT molecular complexity index is 1300. The lowest BCUT2D eigenvalue weighted by atomic mass is 9.94. The Labute approximate surface area is 180 Å². The first-order valence-electron chi connectivity index (χ1n) is 9.50. The second-order valence-electron chi connectivity index (χ2n) is 7.32. The van der Waals surface area contributed by atoms with Crippen molar-refractivity contribution in [2.24, 2.45) is 0 Å². The topological polar surface area (TPSA) is 77.8 Å². The van der Waals surface area contributed by atoms with Crippen molar-refractivity contribution in [1.29, 1.82) is 0 Å². The number of aliphatic hydroxyl groups excluding tert-OH is 1. The normalized spacial score (nSPS) is 17.8. The van der Waals surface area contributed by atoms with E-state index in [2.05, 4.69) is 0 Å². The summed E-state index contributed by atoms with van der Waals surface area (Å²) in [5.41, 5.74) is -0.284. The van der Waals surface area contributed by atoms with E-state index >= 15 is 0 Å². The van der Waals surface area contributed by atoms with Crippen molar-refractivity contribution >= 4 is 23.1 Å². The molecule has 1 aliphatic rings. The molecule has 4 rings (SSSR count). The van der Waals surface area contributed by atoms with Crippen molar-refractivity contribution in [3.8, 4) is 5.75 Å². The first kappa shape index (κ1) is 21.2. The van der Waals surface area contributed by atoms with Gasteiger partial charge in [-0.1, -0.05) is 12.1 Å². The number of benzene rings is 3. The number of carbonyl (C=O) groups is 2. The molecule has 0 saturated carbocycles. The van der Waals surface area contributed by atoms with Crippen LogP contribution in [0.25, 0.3) is 5.76 Å². The second-order valence-corrected chi connectivity index (χ2v) is 7.32. The number of anilines is 1. The number of hydrogen-bond donors (Lipinski definition) is 2. The summed E-state index contributed by atoms with van der Waals surface area (Å²) in [4.78, 5) is 26.7. The van der Waals surface area contributed by atoms with Crippen LogP contribution in [0.3, 0.4) is 0 Å². The van der Waals surface area contributed by atoms with Gasteiger partial charge in [0.15, 0.2) is 0 Å². The predicted molar refractivity (Wildman–Crippen MR) is 110 cm³/mol. The Morgan fingerprint density at radius 3 is 2.34 bits per heavy atom. The van der Waals surface area contributed by atoms with Crippen LogP contribution in [0.1, 0.15) is 22.7 Å². The molecule has 32 heavy (non-hydrogen) atoms. The number of phenols is 1. The molecule has 1 saturated heterocycles. The van der Waals surface area contributed by atoms with Gasteiger partial charge in [0.2, 0.25) is 0 Å². The van der Waals surface area contributed by atoms with Gasteiger partial charge in [0.25, 0.3) is 11.7 Å². The van der Waals surface area contributed by atoms with E-state index in [1.165, 1.54) is 43.3 Å². The molecular weight excluding hydrogens is 423 g/mol. The molecule has 8 heteroatoms. The van der Waals surface area contributed by atoms with Crippen molar-refractivity contribution < 1.29 is 33.0 Å². The van der Waals surface area contributed by atoms with Gasteiger partial charge >= 0.3 is 0 Å². The fourth-order valence-electron chi connectivity index (χ4n) is 3.72. The standard InChI is InChI=1S/C24H16F3NO4/c1-12-9-14(5-7-17(12)26)22(30)20-21(13-3-2-4-16(29)10-13)28(24(32)23(20)31)19-8-6-15(25)11-18(19)27/h2-11,21,29-30H,1H3/b22-20+. The highest BCUT2D eigenvalue weighted by atomic mass is 19.1. The molecule has 3 aromatic rings. The lowest BCUT2D eigenvalue weighted by Crippen LogP contribution is -2.30. The summed E-state index contributed by atoms with van der Waals surface area (Å²) in [6.07, 6.45) is 0. The molecule has 3 aromatic carbocycles. The first-order chi connectivity index (χ1) is 15.2. The minimum absolute atomic E-state index is 0.0756. The van der Waals surface area contributed by atoms with E-state index in [1.807, 2.05) is 0 Å². The zero-order chi connectivity index (χ0) is 23.2. The molecule has 1 unspecified atom stereocenters. The summed E-state index contributed by atoms with van der Waals surface area (Å²) in [6, 6.07) is 10.4. The van der Waals surface area contributed by atoms with Crippen molar-refractivity contribution in [2.75, 3.05) is 4.90 Å². The number of amides is 1. The zero-order valence-corrected chi connectivity index (χ0v) is 16.6. The van der Waals surface area contributed by atoms with Crippen LogP contribution in [-0.2, 0) is 9.59 Å². The lowest BCUT2D eigenvalue weighted by molar-refractivity contribution is -0.132. The van der Waals surface area contributed by atoms with Gasteiger partial charge in [0.1, 0.15) is 29.0 Å². The van der Waals surface area contributed by atoms with Crippen LogP contribution in [0.5, 0.6) is 5.75 Å². The highest BCUT2D eigenvalue weighted by molar-refractivity contribution is 6.51. The van der Waals surface area contributed by atoms with E-state index in [1.54, 1.807) is 0 Å². The molecule has 0 bridgehead atoms. The summed E-state index contributed by atoms with van der Waals surface area (Å²) in [5.74, 6) is -5.53. The third-order valence-electron chi connectivity index (χ3n) is 5.23. The molecule has 1 fully saturated rings. The number of aromatic hydroxyl groups is 1. The molecule has 5 nitrogen and oxygen atoms in total. The molecule has 1 heterocycles. The van der Waals surface area contributed by atoms with Gasteiger partial charge in [-0.3, -0.25) is 14.5 Å². The van der Waals surface area contributed by atoms with E-state index in [0.29, 0.717) is 6.07 Å². The maximum atomic E-state index is 14.6. The molecule has 0 aromatic heterocycles. The molecule has 1 amide bonds. The molecular formula is C24H16F3NO4. The van der Waals surface area contributed by atoms with Gasteiger partial charge in [0, 0.05) is 11.6 Å². The summed E-state index contributed by atoms with van der Waals surface area (Å²) < 4.78 is 41.8. The van der Waals surface area contributed by atoms with Gasteiger partial charge in [-0.25, -0.2) is 13.2 Å². The average Bonchev–Trinajstić information content (AvgIpc) is 3.00. The minimum Gasteiger partial charge on any atom is -0.508 e. The second kappa shape index (κ2) is 7.88. The number of Topliss-reactive ketones (excluding diaryl/α,β-unsaturated/α-hetero) is 1. The smallest absolute Gasteiger partial charge is 0.300 e. The van der Waals surface area contributed by atoms with Crippen LogP contribution in [-0.4, -0.2) is 21.9 Å². The fraction of sp³-hybridized carbons (Fsp3) is 0.0833. The monoisotopic (exact) mass is 439 g/mol. The number of carbonyl (C=O) groups excluding carboxylic acids is 2. The number of ketones is 1. The third-order valence-corrected chi connectivity index (χ3v) is 5.23. The number of phenolic OH excluding ortho intramolecular Hbond substituents is 1. The largest absolute Gasteiger partial charge is 0.508 e. The van der Waals surface area contributed by atoms with Crippen molar-refractivity contribution in [1.82, 2.24) is 0 Å². The van der Waals surface area contributed by atoms with E-state index in [0.717, 1.165) is 23.1 Å². The van der Waals surface area contributed by atoms with Crippen LogP contribution >= 0.6 is 0 Å². The fourth-order valence-corrected chi connectivity index (χ4v) is 3.72. The van der Waals surface area contributed by atoms with E-state index < -0.39 is 40.9 Å². The van der Waals surface area contributed by atoms with Gasteiger partial charge in [-0.15, -0.1) is 0 Å². The number of aliphatic hydroxyl groups is 1. The first-order valence-corrected chi connectivity index (χ1v) is 9.50. The Morgan fingerprint density at radius 2 is 1.69 bits per heavy atom. The number of rotatable bonds is 3. The van der Waals surface area contributed by atoms with E-state index in [-0.39, 0.29) is 33.7 Å². The molecule has 1 aliphatic heterocycles. The van der Waals surface area contributed by atoms with E-state index in [9.17, 15) is 33.0 Å². The molecule has 1 atom stereocenters.